The fraction of sp³-hybridized carbons (Fsp3) is 0.357. The molecule has 0 fully saturated rings. The number of rotatable bonds is 4. The molecule has 9 heteroatoms. The van der Waals surface area contributed by atoms with Crippen LogP contribution >= 0.6 is 11.3 Å². The Hall–Kier alpha value is -2.55. The summed E-state index contributed by atoms with van der Waals surface area (Å²) in [5.74, 6) is 1.60. The molecule has 0 bridgehead atoms. The number of aromatic amines is 1. The molecular formula is C14H17N7OS. The molecule has 0 radical (unpaired) electrons. The van der Waals surface area contributed by atoms with Gasteiger partial charge in [-0.2, -0.15) is 15.0 Å². The standard InChI is InChI=1S/C14H17N7OS/c1-4-7-5-8-11(22)16-9(17-12(8)23-7)6-10-18-13(15)20-14(19-10)21(2)3/h5H,4,6H2,1-3H3,(H,16,17,22)(H2,15,18,19,20). The van der Waals surface area contributed by atoms with Crippen molar-refractivity contribution in [1.29, 1.82) is 0 Å². The number of aryl methyl sites for hydroxylation is 1. The number of H-pyrrole nitrogens is 1. The number of nitrogen functional groups attached to an aromatic ring is 1. The summed E-state index contributed by atoms with van der Waals surface area (Å²) in [5.41, 5.74) is 5.57. The van der Waals surface area contributed by atoms with E-state index in [1.165, 1.54) is 11.3 Å². The number of hydrogen-bond acceptors (Lipinski definition) is 8. The van der Waals surface area contributed by atoms with E-state index in [9.17, 15) is 4.79 Å². The average molecular weight is 331 g/mol. The quantitative estimate of drug-likeness (QED) is 0.732. The van der Waals surface area contributed by atoms with Gasteiger partial charge in [0.1, 0.15) is 16.5 Å². The topological polar surface area (TPSA) is 114 Å². The largest absolute Gasteiger partial charge is 0.368 e. The summed E-state index contributed by atoms with van der Waals surface area (Å²) in [4.78, 5) is 35.6. The van der Waals surface area contributed by atoms with Gasteiger partial charge in [0.2, 0.25) is 11.9 Å². The van der Waals surface area contributed by atoms with Crippen molar-refractivity contribution in [2.24, 2.45) is 0 Å². The van der Waals surface area contributed by atoms with E-state index in [1.54, 1.807) is 4.90 Å². The highest BCUT2D eigenvalue weighted by atomic mass is 32.1. The van der Waals surface area contributed by atoms with Gasteiger partial charge in [0.05, 0.1) is 11.8 Å². The van der Waals surface area contributed by atoms with Crippen LogP contribution < -0.4 is 16.2 Å². The van der Waals surface area contributed by atoms with Crippen LogP contribution in [0.15, 0.2) is 10.9 Å². The number of thiophene rings is 1. The van der Waals surface area contributed by atoms with Crippen molar-refractivity contribution < 1.29 is 0 Å². The molecular weight excluding hydrogens is 314 g/mol. The highest BCUT2D eigenvalue weighted by Crippen LogP contribution is 2.21. The van der Waals surface area contributed by atoms with E-state index in [0.717, 1.165) is 16.1 Å². The molecule has 0 atom stereocenters. The first kappa shape index (κ1) is 15.3. The van der Waals surface area contributed by atoms with Gasteiger partial charge in [-0.25, -0.2) is 4.98 Å². The minimum atomic E-state index is -0.143. The van der Waals surface area contributed by atoms with Gasteiger partial charge in [0.15, 0.2) is 0 Å². The molecule has 0 saturated carbocycles. The second-order valence-electron chi connectivity index (χ2n) is 5.28. The first-order valence-electron chi connectivity index (χ1n) is 7.15. The fourth-order valence-corrected chi connectivity index (χ4v) is 3.12. The summed E-state index contributed by atoms with van der Waals surface area (Å²) in [6.45, 7) is 2.05. The van der Waals surface area contributed by atoms with Crippen LogP contribution in [0.25, 0.3) is 10.2 Å². The van der Waals surface area contributed by atoms with Crippen molar-refractivity contribution >= 4 is 33.5 Å². The van der Waals surface area contributed by atoms with Gasteiger partial charge in [-0.05, 0) is 12.5 Å². The molecule has 0 unspecified atom stereocenters. The van der Waals surface area contributed by atoms with Gasteiger partial charge in [0.25, 0.3) is 5.56 Å². The lowest BCUT2D eigenvalue weighted by Crippen LogP contribution is -2.17. The van der Waals surface area contributed by atoms with E-state index in [2.05, 4.69) is 31.8 Å². The Morgan fingerprint density at radius 2 is 2.04 bits per heavy atom. The van der Waals surface area contributed by atoms with E-state index in [4.69, 9.17) is 5.73 Å². The number of anilines is 2. The van der Waals surface area contributed by atoms with Crippen molar-refractivity contribution in [3.63, 3.8) is 0 Å². The Balaban J connectivity index is 2.00. The smallest absolute Gasteiger partial charge is 0.259 e. The predicted molar refractivity (Wildman–Crippen MR) is 91.0 cm³/mol. The lowest BCUT2D eigenvalue weighted by Gasteiger charge is -2.11. The predicted octanol–water partition coefficient (Wildman–Crippen LogP) is 0.971. The summed E-state index contributed by atoms with van der Waals surface area (Å²) in [6, 6.07) is 1.89. The molecule has 3 aromatic rings. The number of hydrogen-bond donors (Lipinski definition) is 2. The van der Waals surface area contributed by atoms with Crippen molar-refractivity contribution in [1.82, 2.24) is 24.9 Å². The number of aromatic nitrogens is 5. The molecule has 3 heterocycles. The van der Waals surface area contributed by atoms with Crippen LogP contribution in [-0.4, -0.2) is 39.0 Å². The van der Waals surface area contributed by atoms with Crippen LogP contribution in [-0.2, 0) is 12.8 Å². The molecule has 23 heavy (non-hydrogen) atoms. The SMILES string of the molecule is CCc1cc2c(=O)[nH]c(Cc3nc(N)nc(N(C)C)n3)nc2s1. The lowest BCUT2D eigenvalue weighted by atomic mass is 10.3. The summed E-state index contributed by atoms with van der Waals surface area (Å²) < 4.78 is 0. The molecule has 0 saturated heterocycles. The maximum atomic E-state index is 12.2. The fourth-order valence-electron chi connectivity index (χ4n) is 2.14. The highest BCUT2D eigenvalue weighted by Gasteiger charge is 2.12. The van der Waals surface area contributed by atoms with Gasteiger partial charge in [-0.15, -0.1) is 11.3 Å². The Bertz CT molecular complexity index is 915. The summed E-state index contributed by atoms with van der Waals surface area (Å²) in [5, 5.41) is 0.625. The van der Waals surface area contributed by atoms with Crippen molar-refractivity contribution in [3.05, 3.63) is 32.9 Å². The molecule has 0 aliphatic rings. The van der Waals surface area contributed by atoms with Crippen LogP contribution in [0.3, 0.4) is 0 Å². The van der Waals surface area contributed by atoms with Crippen molar-refractivity contribution in [3.8, 4) is 0 Å². The molecule has 0 amide bonds. The first-order chi connectivity index (χ1) is 11.0. The van der Waals surface area contributed by atoms with Crippen LogP contribution in [0.2, 0.25) is 0 Å². The van der Waals surface area contributed by atoms with E-state index in [0.29, 0.717) is 23.0 Å². The molecule has 0 aliphatic heterocycles. The van der Waals surface area contributed by atoms with E-state index >= 15 is 0 Å². The molecule has 3 aromatic heterocycles. The summed E-state index contributed by atoms with van der Waals surface area (Å²) in [6.07, 6.45) is 1.17. The van der Waals surface area contributed by atoms with E-state index < -0.39 is 0 Å². The number of nitrogens with one attached hydrogen (secondary N) is 1. The molecule has 8 nitrogen and oxygen atoms in total. The van der Waals surface area contributed by atoms with Crippen molar-refractivity contribution in [2.75, 3.05) is 24.7 Å². The second kappa shape index (κ2) is 5.92. The van der Waals surface area contributed by atoms with Gasteiger partial charge in [-0.1, -0.05) is 6.92 Å². The van der Waals surface area contributed by atoms with E-state index in [-0.39, 0.29) is 17.9 Å². The molecule has 0 aromatic carbocycles. The minimum absolute atomic E-state index is 0.143. The van der Waals surface area contributed by atoms with Gasteiger partial charge in [-0.3, -0.25) is 4.79 Å². The first-order valence-corrected chi connectivity index (χ1v) is 7.97. The Kier molecular flexibility index (Phi) is 3.95. The van der Waals surface area contributed by atoms with Gasteiger partial charge < -0.3 is 15.6 Å². The Morgan fingerprint density at radius 3 is 2.74 bits per heavy atom. The third kappa shape index (κ3) is 3.14. The average Bonchev–Trinajstić information content (AvgIpc) is 2.90. The molecule has 3 rings (SSSR count). The summed E-state index contributed by atoms with van der Waals surface area (Å²) >= 11 is 1.53. The van der Waals surface area contributed by atoms with Crippen molar-refractivity contribution in [2.45, 2.75) is 19.8 Å². The van der Waals surface area contributed by atoms with Crippen LogP contribution in [0.5, 0.6) is 0 Å². The van der Waals surface area contributed by atoms with Crippen LogP contribution in [0, 0.1) is 0 Å². The second-order valence-corrected chi connectivity index (χ2v) is 6.39. The third-order valence-corrected chi connectivity index (χ3v) is 4.44. The molecule has 0 spiro atoms. The number of nitrogens with two attached hydrogens (primary N) is 1. The van der Waals surface area contributed by atoms with Crippen LogP contribution in [0.4, 0.5) is 11.9 Å². The number of nitrogens with zero attached hydrogens (tertiary/aromatic N) is 5. The van der Waals surface area contributed by atoms with Crippen LogP contribution in [0.1, 0.15) is 23.4 Å². The zero-order chi connectivity index (χ0) is 16.6. The highest BCUT2D eigenvalue weighted by molar-refractivity contribution is 7.18. The Morgan fingerprint density at radius 1 is 1.26 bits per heavy atom. The van der Waals surface area contributed by atoms with Gasteiger partial charge >= 0.3 is 0 Å². The number of fused-ring (bicyclic) bond motifs is 1. The third-order valence-electron chi connectivity index (χ3n) is 3.26. The maximum Gasteiger partial charge on any atom is 0.259 e. The molecule has 0 aliphatic carbocycles. The molecule has 3 N–H and O–H groups in total. The normalized spacial score (nSPS) is 11.1. The Labute approximate surface area is 136 Å². The zero-order valence-electron chi connectivity index (χ0n) is 13.1. The zero-order valence-corrected chi connectivity index (χ0v) is 13.9. The monoisotopic (exact) mass is 331 g/mol. The summed E-state index contributed by atoms with van der Waals surface area (Å²) in [7, 11) is 3.64. The molecule has 120 valence electrons. The van der Waals surface area contributed by atoms with E-state index in [1.807, 2.05) is 20.2 Å². The van der Waals surface area contributed by atoms with Gasteiger partial charge in [0, 0.05) is 19.0 Å². The maximum absolute atomic E-state index is 12.2. The minimum Gasteiger partial charge on any atom is -0.368 e. The lowest BCUT2D eigenvalue weighted by molar-refractivity contribution is 0.856.